The molecule has 0 aromatic rings. The molecule has 1 N–H and O–H groups in total. The first kappa shape index (κ1) is 9.21. The van der Waals surface area contributed by atoms with Crippen molar-refractivity contribution in [2.24, 2.45) is 5.92 Å². The number of rotatable bonds is 4. The van der Waals surface area contributed by atoms with Crippen LogP contribution in [0.25, 0.3) is 0 Å². The normalized spacial score (nSPS) is 12.2. The Morgan fingerprint density at radius 2 is 2.40 bits per heavy atom. The van der Waals surface area contributed by atoms with E-state index in [1.165, 1.54) is 0 Å². The molecule has 0 rings (SSSR count). The number of nitrogens with one attached hydrogen (secondary N) is 1. The highest BCUT2D eigenvalue weighted by Gasteiger charge is 2.07. The van der Waals surface area contributed by atoms with E-state index >= 15 is 0 Å². The molecular weight excluding hydrogens is 126 g/mol. The Hall–Kier alpha value is -0.790. The molecule has 1 atom stereocenters. The van der Waals surface area contributed by atoms with Gasteiger partial charge in [-0.1, -0.05) is 19.9 Å². The lowest BCUT2D eigenvalue weighted by Gasteiger charge is -2.06. The van der Waals surface area contributed by atoms with Crippen LogP contribution in [-0.2, 0) is 4.79 Å². The minimum Gasteiger partial charge on any atom is -0.352 e. The van der Waals surface area contributed by atoms with Crippen LogP contribution >= 0.6 is 0 Å². The first-order valence-corrected chi connectivity index (χ1v) is 3.61. The summed E-state index contributed by atoms with van der Waals surface area (Å²) in [7, 11) is 0. The van der Waals surface area contributed by atoms with Crippen molar-refractivity contribution in [1.82, 2.24) is 5.32 Å². The standard InChI is InChI=1S/C8H15NO/c1-4-6-9-8(10)7(3)5-2/h4,7H,1,5-6H2,2-3H3,(H,9,10)/t7-/m1/s1. The Labute approximate surface area is 62.3 Å². The zero-order valence-electron chi connectivity index (χ0n) is 6.68. The van der Waals surface area contributed by atoms with Crippen LogP contribution in [-0.4, -0.2) is 12.5 Å². The summed E-state index contributed by atoms with van der Waals surface area (Å²) in [5, 5.41) is 2.73. The molecule has 0 aliphatic heterocycles. The summed E-state index contributed by atoms with van der Waals surface area (Å²) in [5.74, 6) is 0.238. The maximum Gasteiger partial charge on any atom is 0.223 e. The second kappa shape index (κ2) is 5.03. The molecule has 0 saturated carbocycles. The van der Waals surface area contributed by atoms with Crippen LogP contribution in [0.2, 0.25) is 0 Å². The molecule has 0 unspecified atom stereocenters. The van der Waals surface area contributed by atoms with Crippen LogP contribution in [0.1, 0.15) is 20.3 Å². The molecule has 1 amide bonds. The monoisotopic (exact) mass is 141 g/mol. The van der Waals surface area contributed by atoms with Gasteiger partial charge in [0, 0.05) is 12.5 Å². The Morgan fingerprint density at radius 1 is 1.80 bits per heavy atom. The molecule has 0 aromatic carbocycles. The molecule has 0 bridgehead atoms. The van der Waals surface area contributed by atoms with E-state index in [0.717, 1.165) is 6.42 Å². The third kappa shape index (κ3) is 3.28. The zero-order chi connectivity index (χ0) is 7.98. The molecule has 0 heterocycles. The summed E-state index contributed by atoms with van der Waals surface area (Å²) in [5.41, 5.74) is 0. The summed E-state index contributed by atoms with van der Waals surface area (Å²) >= 11 is 0. The van der Waals surface area contributed by atoms with E-state index in [9.17, 15) is 4.79 Å². The van der Waals surface area contributed by atoms with Crippen LogP contribution < -0.4 is 5.32 Å². The largest absolute Gasteiger partial charge is 0.352 e. The Morgan fingerprint density at radius 3 is 2.80 bits per heavy atom. The lowest BCUT2D eigenvalue weighted by molar-refractivity contribution is -0.124. The van der Waals surface area contributed by atoms with Gasteiger partial charge < -0.3 is 5.32 Å². The van der Waals surface area contributed by atoms with Gasteiger partial charge in [0.1, 0.15) is 0 Å². The lowest BCUT2D eigenvalue weighted by Crippen LogP contribution is -2.28. The Balaban J connectivity index is 3.51. The van der Waals surface area contributed by atoms with Crippen molar-refractivity contribution < 1.29 is 4.79 Å². The number of amides is 1. The van der Waals surface area contributed by atoms with Crippen molar-refractivity contribution >= 4 is 5.91 Å². The maximum absolute atomic E-state index is 11.0. The predicted molar refractivity (Wildman–Crippen MR) is 42.7 cm³/mol. The second-order valence-corrected chi connectivity index (χ2v) is 2.34. The summed E-state index contributed by atoms with van der Waals surface area (Å²) in [4.78, 5) is 11.0. The topological polar surface area (TPSA) is 29.1 Å². The van der Waals surface area contributed by atoms with Crippen molar-refractivity contribution in [2.45, 2.75) is 20.3 Å². The molecule has 2 nitrogen and oxygen atoms in total. The van der Waals surface area contributed by atoms with E-state index in [4.69, 9.17) is 0 Å². The van der Waals surface area contributed by atoms with Crippen molar-refractivity contribution in [2.75, 3.05) is 6.54 Å². The molecule has 0 saturated heterocycles. The zero-order valence-corrected chi connectivity index (χ0v) is 6.68. The lowest BCUT2D eigenvalue weighted by atomic mass is 10.1. The SMILES string of the molecule is C=CCNC(=O)[C@H](C)CC. The number of hydrogen-bond acceptors (Lipinski definition) is 1. The van der Waals surface area contributed by atoms with Gasteiger partial charge in [-0.05, 0) is 6.42 Å². The van der Waals surface area contributed by atoms with Gasteiger partial charge in [0.25, 0.3) is 0 Å². The van der Waals surface area contributed by atoms with E-state index in [1.54, 1.807) is 6.08 Å². The van der Waals surface area contributed by atoms with Gasteiger partial charge in [-0.15, -0.1) is 6.58 Å². The fourth-order valence-electron chi connectivity index (χ4n) is 0.532. The van der Waals surface area contributed by atoms with E-state index in [-0.39, 0.29) is 11.8 Å². The first-order valence-electron chi connectivity index (χ1n) is 3.61. The fourth-order valence-corrected chi connectivity index (χ4v) is 0.532. The molecule has 2 heteroatoms. The smallest absolute Gasteiger partial charge is 0.223 e. The summed E-state index contributed by atoms with van der Waals surface area (Å²) in [6.07, 6.45) is 2.57. The molecule has 0 spiro atoms. The van der Waals surface area contributed by atoms with Crippen molar-refractivity contribution in [1.29, 1.82) is 0 Å². The van der Waals surface area contributed by atoms with Crippen molar-refractivity contribution in [3.05, 3.63) is 12.7 Å². The third-order valence-corrected chi connectivity index (χ3v) is 1.48. The summed E-state index contributed by atoms with van der Waals surface area (Å²) in [6, 6.07) is 0. The first-order chi connectivity index (χ1) is 4.72. The van der Waals surface area contributed by atoms with Gasteiger partial charge in [0.2, 0.25) is 5.91 Å². The summed E-state index contributed by atoms with van der Waals surface area (Å²) < 4.78 is 0. The van der Waals surface area contributed by atoms with E-state index in [1.807, 2.05) is 13.8 Å². The van der Waals surface area contributed by atoms with E-state index < -0.39 is 0 Å². The molecule has 0 aliphatic rings. The van der Waals surface area contributed by atoms with Crippen molar-refractivity contribution in [3.8, 4) is 0 Å². The fraction of sp³-hybridized carbons (Fsp3) is 0.625. The van der Waals surface area contributed by atoms with Gasteiger partial charge >= 0.3 is 0 Å². The van der Waals surface area contributed by atoms with E-state index in [2.05, 4.69) is 11.9 Å². The Bertz CT molecular complexity index is 120. The molecule has 0 aromatic heterocycles. The second-order valence-electron chi connectivity index (χ2n) is 2.34. The molecule has 0 aliphatic carbocycles. The molecular formula is C8H15NO. The van der Waals surface area contributed by atoms with Crippen LogP contribution in [0.4, 0.5) is 0 Å². The van der Waals surface area contributed by atoms with Gasteiger partial charge in [0.15, 0.2) is 0 Å². The minimum atomic E-state index is 0.113. The Kier molecular flexibility index (Phi) is 4.63. The highest BCUT2D eigenvalue weighted by molar-refractivity contribution is 5.78. The van der Waals surface area contributed by atoms with Crippen molar-refractivity contribution in [3.63, 3.8) is 0 Å². The van der Waals surface area contributed by atoms with Gasteiger partial charge in [-0.25, -0.2) is 0 Å². The number of carbonyl (C=O) groups is 1. The quantitative estimate of drug-likeness (QED) is 0.588. The van der Waals surface area contributed by atoms with Gasteiger partial charge in [-0.3, -0.25) is 4.79 Å². The summed E-state index contributed by atoms with van der Waals surface area (Å²) in [6.45, 7) is 7.99. The van der Waals surface area contributed by atoms with Crippen LogP contribution in [0.3, 0.4) is 0 Å². The highest BCUT2D eigenvalue weighted by atomic mass is 16.1. The third-order valence-electron chi connectivity index (χ3n) is 1.48. The van der Waals surface area contributed by atoms with Gasteiger partial charge in [-0.2, -0.15) is 0 Å². The van der Waals surface area contributed by atoms with Crippen LogP contribution in [0.5, 0.6) is 0 Å². The molecule has 10 heavy (non-hydrogen) atoms. The van der Waals surface area contributed by atoms with Crippen LogP contribution in [0, 0.1) is 5.92 Å². The molecule has 0 fully saturated rings. The van der Waals surface area contributed by atoms with Crippen LogP contribution in [0.15, 0.2) is 12.7 Å². The molecule has 0 radical (unpaired) electrons. The highest BCUT2D eigenvalue weighted by Crippen LogP contribution is 1.98. The minimum absolute atomic E-state index is 0.113. The van der Waals surface area contributed by atoms with Gasteiger partial charge in [0.05, 0.1) is 0 Å². The number of hydrogen-bond donors (Lipinski definition) is 1. The average molecular weight is 141 g/mol. The van der Waals surface area contributed by atoms with E-state index in [0.29, 0.717) is 6.54 Å². The maximum atomic E-state index is 11.0. The molecule has 58 valence electrons. The number of carbonyl (C=O) groups excluding carboxylic acids is 1. The predicted octanol–water partition coefficient (Wildman–Crippen LogP) is 1.33. The average Bonchev–Trinajstić information content (AvgIpc) is 1.98.